The van der Waals surface area contributed by atoms with Gasteiger partial charge in [-0.15, -0.1) is 0 Å². The van der Waals surface area contributed by atoms with Crippen molar-refractivity contribution in [2.75, 3.05) is 65.4 Å². The lowest BCUT2D eigenvalue weighted by Crippen LogP contribution is -2.61. The number of guanidine groups is 2. The maximum Gasteiger partial charge on any atom is 0.326 e. The van der Waals surface area contributed by atoms with Crippen LogP contribution in [0.3, 0.4) is 0 Å². The summed E-state index contributed by atoms with van der Waals surface area (Å²) in [5.74, 6) is -33.7. The smallest absolute Gasteiger partial charge is 0.326 e. The Morgan fingerprint density at radius 1 is 0.257 bits per heavy atom. The molecule has 0 radical (unpaired) electrons. The second-order valence-electron chi connectivity index (χ2n) is 31.7. The maximum absolute atomic E-state index is 14.5. The molecule has 0 bridgehead atoms. The van der Waals surface area contributed by atoms with Crippen LogP contribution in [0.2, 0.25) is 0 Å². The van der Waals surface area contributed by atoms with Crippen LogP contribution in [-0.2, 0) is 125 Å². The fourth-order valence-corrected chi connectivity index (χ4v) is 11.5. The van der Waals surface area contributed by atoms with Crippen LogP contribution in [0.4, 0.5) is 0 Å². The van der Waals surface area contributed by atoms with Crippen molar-refractivity contribution in [3.63, 3.8) is 0 Å². The quantitative estimate of drug-likeness (QED) is 0.0153. The first kappa shape index (κ1) is 121. The molecule has 12 atom stereocenters. The molecule has 0 saturated carbocycles. The second-order valence-corrected chi connectivity index (χ2v) is 31.7. The van der Waals surface area contributed by atoms with E-state index in [4.69, 9.17) is 43.3 Å². The molecule has 36 N–H and O–H groups in total. The lowest BCUT2D eigenvalue weighted by atomic mass is 9.99. The van der Waals surface area contributed by atoms with Crippen LogP contribution in [0.5, 0.6) is 0 Å². The lowest BCUT2D eigenvalue weighted by Gasteiger charge is -2.29. The van der Waals surface area contributed by atoms with Gasteiger partial charge in [0, 0.05) is 45.2 Å². The van der Waals surface area contributed by atoms with E-state index in [-0.39, 0.29) is 58.0 Å². The minimum Gasteiger partial charge on any atom is -0.481 e. The molecule has 0 heterocycles. The molecule has 0 aliphatic rings. The Labute approximate surface area is 776 Å². The minimum absolute atomic E-state index is 0.0313. The summed E-state index contributed by atoms with van der Waals surface area (Å²) in [6, 6.07) is -20.4. The van der Waals surface area contributed by atoms with Gasteiger partial charge in [-0.05, 0) is 95.3 Å². The van der Waals surface area contributed by atoms with Crippen LogP contribution < -0.4 is 129 Å². The van der Waals surface area contributed by atoms with Crippen LogP contribution in [0.15, 0.2) is 0 Å². The molecular formula is C77H126N26O33. The summed E-state index contributed by atoms with van der Waals surface area (Å²) in [7, 11) is 0. The van der Waals surface area contributed by atoms with Crippen LogP contribution in [0.25, 0.3) is 0 Å². The van der Waals surface area contributed by atoms with Crippen molar-refractivity contribution in [2.24, 2.45) is 35.0 Å². The first-order valence-electron chi connectivity index (χ1n) is 42.4. The van der Waals surface area contributed by atoms with Gasteiger partial charge >= 0.3 is 41.8 Å². The number of nitrogens with one attached hydrogen (secondary N) is 23. The zero-order valence-corrected chi connectivity index (χ0v) is 75.7. The molecule has 762 valence electrons. The highest BCUT2D eigenvalue weighted by molar-refractivity contribution is 6.01. The Bertz CT molecular complexity index is 4270. The normalized spacial score (nSPS) is 13.4. The van der Waals surface area contributed by atoms with Gasteiger partial charge in [0.15, 0.2) is 11.9 Å². The maximum atomic E-state index is 14.5. The van der Waals surface area contributed by atoms with Gasteiger partial charge in [-0.25, -0.2) is 4.79 Å². The highest BCUT2D eigenvalue weighted by Gasteiger charge is 2.39. The van der Waals surface area contributed by atoms with Crippen molar-refractivity contribution >= 4 is 166 Å². The van der Waals surface area contributed by atoms with E-state index < -0.39 is 373 Å². The van der Waals surface area contributed by atoms with Crippen LogP contribution in [-0.4, -0.2) is 340 Å². The summed E-state index contributed by atoms with van der Waals surface area (Å²) in [6.07, 6.45) is -9.07. The van der Waals surface area contributed by atoms with Gasteiger partial charge in [0.2, 0.25) is 112 Å². The predicted molar refractivity (Wildman–Crippen MR) is 465 cm³/mol. The predicted octanol–water partition coefficient (Wildman–Crippen LogP) is -13.2. The van der Waals surface area contributed by atoms with E-state index >= 15 is 0 Å². The number of carboxylic acids is 7. The molecule has 0 fully saturated rings. The van der Waals surface area contributed by atoms with Gasteiger partial charge in [-0.2, -0.15) is 0 Å². The monoisotopic (exact) mass is 1940 g/mol. The SMILES string of the molecule is CC(C)C[C@H](NC(=O)[C@H](CCCNC(=N)N)NC(=O)[C@H](CCC(=O)O)NC(=O)[C@H](C)NC(=O)[C@@H](N)CCC(=O)O)C(=O)N[C@@H](CC(C)C)C(=O)N[C@@H](CCC(=O)O)C(=O)N[C@@H](CCC(=O)O)C(=O)N[C@H](C(=O)N[C@@H](CCC(=O)O)C(=O)N[C@@H](CCCNC(=N)N)C(=O)NCC(=O)NCC(=O)NCC(=O)NCC(=O)NCC(=O)NCC(=O)NCC(=O)NCC(=O)N[C@@H](CC(=O)O)C(=O)O)C(C)C. The van der Waals surface area contributed by atoms with Crippen LogP contribution in [0, 0.1) is 28.6 Å². The molecule has 0 aromatic carbocycles. The molecule has 0 aromatic heterocycles. The summed E-state index contributed by atoms with van der Waals surface area (Å²) in [5, 5.41) is 128. The molecule has 0 aromatic rings. The molecular weight excluding hydrogens is 1820 g/mol. The van der Waals surface area contributed by atoms with Crippen molar-refractivity contribution in [1.29, 1.82) is 10.8 Å². The van der Waals surface area contributed by atoms with Gasteiger partial charge < -0.3 is 165 Å². The third kappa shape index (κ3) is 55.8. The molecule has 59 heteroatoms. The summed E-state index contributed by atoms with van der Waals surface area (Å²) in [6.45, 7) is 4.01. The van der Waals surface area contributed by atoms with Crippen molar-refractivity contribution in [3.05, 3.63) is 0 Å². The van der Waals surface area contributed by atoms with Crippen molar-refractivity contribution < 1.29 is 160 Å². The van der Waals surface area contributed by atoms with Crippen molar-refractivity contribution in [2.45, 2.75) is 230 Å². The number of hydrogen-bond donors (Lipinski definition) is 33. The Kier molecular flexibility index (Phi) is 57.3. The fraction of sp³-hybridized carbons (Fsp3) is 0.636. The van der Waals surface area contributed by atoms with Gasteiger partial charge in [0.25, 0.3) is 0 Å². The fourth-order valence-electron chi connectivity index (χ4n) is 11.5. The zero-order chi connectivity index (χ0) is 104. The van der Waals surface area contributed by atoms with E-state index in [0.717, 1.165) is 0 Å². The molecule has 0 rings (SSSR count). The van der Waals surface area contributed by atoms with E-state index in [1.54, 1.807) is 27.7 Å². The highest BCUT2D eigenvalue weighted by atomic mass is 16.4. The Hall–Kier alpha value is -15.3. The lowest BCUT2D eigenvalue weighted by molar-refractivity contribution is -0.147. The topological polar surface area (TPSA) is 964 Å². The number of rotatable bonds is 69. The number of carbonyl (C=O) groups excluding carboxylic acids is 19. The van der Waals surface area contributed by atoms with E-state index in [1.165, 1.54) is 20.8 Å². The van der Waals surface area contributed by atoms with Crippen molar-refractivity contribution in [3.8, 4) is 0 Å². The first-order valence-corrected chi connectivity index (χ1v) is 42.4. The number of hydrogen-bond acceptors (Lipinski definition) is 29. The number of aliphatic carboxylic acids is 7. The minimum atomic E-state index is -1.97. The largest absolute Gasteiger partial charge is 0.481 e. The van der Waals surface area contributed by atoms with Crippen molar-refractivity contribution in [1.82, 2.24) is 112 Å². The molecule has 0 aliphatic heterocycles. The van der Waals surface area contributed by atoms with E-state index in [9.17, 15) is 145 Å². The summed E-state index contributed by atoms with van der Waals surface area (Å²) >= 11 is 0. The Morgan fingerprint density at radius 2 is 0.515 bits per heavy atom. The molecule has 0 spiro atoms. The van der Waals surface area contributed by atoms with Gasteiger partial charge in [0.05, 0.1) is 64.8 Å². The molecule has 19 amide bonds. The Balaban J connectivity index is 6.62. The standard InChI is InChI=1S/C77H126N26O33/c1-35(2)24-46(102-73(133)47(25-36(3)4)101-67(127)41(11-9-23-84-77(81)82)97-68(128)42(13-18-58(114)115)95-64(124)38(7)93-65(125)39(78)12-17-57(112)113)72(132)99-43(14-19-59(116)117)69(129)98-45(16-21-61(120)121)71(131)103-63(37(5)6)74(134)100-44(15-20-60(118)119)70(130)96-40(10-8-22-83-76(79)80)66(126)92-33-55(110)90-31-53(108)88-29-51(106)86-27-49(104)85-28-50(105)87-30-52(107)89-32-54(109)91-34-56(111)94-48(75(135)136)26-62(122)123/h35-48,63H,8-34,78H2,1-7H3,(H,85,104)(H,86,106)(H,87,105)(H,88,108)(H,89,107)(H,90,110)(H,91,109)(H,92,126)(H,93,125)(H,94,111)(H,95,124)(H,96,130)(H,97,128)(H,98,129)(H,99,132)(H,100,134)(H,101,127)(H,102,133)(H,103,131)(H,112,113)(H,114,115)(H,116,117)(H,118,119)(H,120,121)(H,122,123)(H,135,136)(H4,79,80,83)(H4,81,82,84)/t38-,39-,40-,41-,42-,43-,44-,45-,46-,47-,48-,63-/m0/s1. The summed E-state index contributed by atoms with van der Waals surface area (Å²) in [4.78, 5) is 334. The number of carbonyl (C=O) groups is 26. The molecule has 0 saturated heterocycles. The number of carboxylic acid groups (broad SMARTS) is 7. The first-order chi connectivity index (χ1) is 63.5. The van der Waals surface area contributed by atoms with E-state index in [1.807, 2.05) is 10.6 Å². The van der Waals surface area contributed by atoms with Crippen LogP contribution in [0.1, 0.15) is 158 Å². The number of nitrogens with two attached hydrogens (primary N) is 3. The summed E-state index contributed by atoms with van der Waals surface area (Å²) in [5.41, 5.74) is 16.6. The number of amides is 19. The third-order valence-corrected chi connectivity index (χ3v) is 18.6. The van der Waals surface area contributed by atoms with E-state index in [0.29, 0.717) is 0 Å². The third-order valence-electron chi connectivity index (χ3n) is 18.6. The Morgan fingerprint density at radius 3 is 0.801 bits per heavy atom. The molecule has 59 nitrogen and oxygen atoms in total. The molecule has 136 heavy (non-hydrogen) atoms. The van der Waals surface area contributed by atoms with Crippen LogP contribution >= 0.6 is 0 Å². The highest BCUT2D eigenvalue weighted by Crippen LogP contribution is 2.15. The van der Waals surface area contributed by atoms with E-state index in [2.05, 4.69) is 101 Å². The average Bonchev–Trinajstić information content (AvgIpc) is 0.849. The molecule has 0 aliphatic carbocycles. The zero-order valence-electron chi connectivity index (χ0n) is 75.7. The molecule has 0 unspecified atom stereocenters. The van der Waals surface area contributed by atoms with Gasteiger partial charge in [0.1, 0.15) is 66.5 Å². The summed E-state index contributed by atoms with van der Waals surface area (Å²) < 4.78 is 0. The second kappa shape index (κ2) is 64.5. The van der Waals surface area contributed by atoms with Gasteiger partial charge in [-0.1, -0.05) is 41.5 Å². The average molecular weight is 1940 g/mol. The van der Waals surface area contributed by atoms with Gasteiger partial charge in [-0.3, -0.25) is 131 Å².